The molecule has 0 aliphatic carbocycles. The quantitative estimate of drug-likeness (QED) is 0.465. The first-order valence-electron chi connectivity index (χ1n) is 9.39. The van der Waals surface area contributed by atoms with Gasteiger partial charge in [0.05, 0.1) is 21.7 Å². The number of halogens is 2. The summed E-state index contributed by atoms with van der Waals surface area (Å²) < 4.78 is 1.92. The van der Waals surface area contributed by atoms with Gasteiger partial charge < -0.3 is 15.2 Å². The Morgan fingerprint density at radius 3 is 2.50 bits per heavy atom. The smallest absolute Gasteiger partial charge is 0.255 e. The molecule has 4 aromatic rings. The number of amides is 1. The topological polar surface area (TPSA) is 59.0 Å². The molecule has 0 fully saturated rings. The molecule has 0 aliphatic rings. The van der Waals surface area contributed by atoms with Crippen molar-refractivity contribution < 1.29 is 4.79 Å². The zero-order valence-electron chi connectivity index (χ0n) is 16.8. The van der Waals surface area contributed by atoms with Crippen molar-refractivity contribution in [1.82, 2.24) is 9.55 Å². The fraction of sp³-hybridized carbons (Fsp3) is 0.0909. The summed E-state index contributed by atoms with van der Waals surface area (Å²) in [6.45, 7) is 1.93. The van der Waals surface area contributed by atoms with E-state index in [0.717, 1.165) is 27.9 Å². The lowest BCUT2D eigenvalue weighted by molar-refractivity contribution is 0.102. The lowest BCUT2D eigenvalue weighted by atomic mass is 9.96. The van der Waals surface area contributed by atoms with Crippen molar-refractivity contribution in [2.45, 2.75) is 6.92 Å². The van der Waals surface area contributed by atoms with E-state index in [1.165, 1.54) is 0 Å². The van der Waals surface area contributed by atoms with Crippen LogP contribution in [0, 0.1) is 6.92 Å². The number of carbonyl (C=O) groups excluding carboxylic acids is 1. The van der Waals surface area contributed by atoms with Crippen molar-refractivity contribution in [3.63, 3.8) is 0 Å². The molecule has 30 heavy (non-hydrogen) atoms. The molecule has 0 spiro atoms. The standard InChI is InChI=1S/C22H19BCl2N4O/c1-12-9-15(24)11-17(25)20(12)28-22-27-18-10-13(3-8-19(18)29(22)2)21(30)26-16-6-4-14(23)5-7-16/h3-11H,23H2,1-2H3,(H,26,30)(H,27,28). The van der Waals surface area contributed by atoms with E-state index in [-0.39, 0.29) is 5.91 Å². The molecular weight excluding hydrogens is 418 g/mol. The Bertz CT molecular complexity index is 1250. The summed E-state index contributed by atoms with van der Waals surface area (Å²) in [5.74, 6) is 0.436. The Hall–Kier alpha value is -2.96. The lowest BCUT2D eigenvalue weighted by Gasteiger charge is -2.11. The molecule has 0 saturated carbocycles. The summed E-state index contributed by atoms with van der Waals surface area (Å²) in [6, 6.07) is 16.7. The number of nitrogens with one attached hydrogen (secondary N) is 2. The highest BCUT2D eigenvalue weighted by molar-refractivity contribution is 6.36. The largest absolute Gasteiger partial charge is 0.324 e. The van der Waals surface area contributed by atoms with E-state index in [2.05, 4.69) is 15.6 Å². The SMILES string of the molecule is Bc1ccc(NC(=O)c2ccc3c(c2)nc(Nc2c(C)cc(Cl)cc2Cl)n3C)cc1. The Labute approximate surface area is 185 Å². The molecule has 1 amide bonds. The van der Waals surface area contributed by atoms with E-state index in [1.807, 2.05) is 62.8 Å². The highest BCUT2D eigenvalue weighted by Crippen LogP contribution is 2.32. The molecule has 2 N–H and O–H groups in total. The van der Waals surface area contributed by atoms with Crippen LogP contribution in [0.2, 0.25) is 10.0 Å². The molecule has 1 aromatic heterocycles. The number of rotatable bonds is 4. The van der Waals surface area contributed by atoms with Gasteiger partial charge in [-0.1, -0.05) is 40.8 Å². The van der Waals surface area contributed by atoms with Crippen molar-refractivity contribution in [2.75, 3.05) is 10.6 Å². The maximum absolute atomic E-state index is 12.7. The maximum atomic E-state index is 12.7. The maximum Gasteiger partial charge on any atom is 0.255 e. The molecule has 150 valence electrons. The summed E-state index contributed by atoms with van der Waals surface area (Å²) in [5.41, 5.74) is 5.69. The number of hydrogen-bond acceptors (Lipinski definition) is 3. The number of hydrogen-bond donors (Lipinski definition) is 2. The van der Waals surface area contributed by atoms with E-state index in [0.29, 0.717) is 27.1 Å². The van der Waals surface area contributed by atoms with Crippen LogP contribution in [0.3, 0.4) is 0 Å². The van der Waals surface area contributed by atoms with E-state index in [9.17, 15) is 4.79 Å². The number of nitrogens with zero attached hydrogens (tertiary/aromatic N) is 2. The van der Waals surface area contributed by atoms with Gasteiger partial charge in [-0.25, -0.2) is 4.98 Å². The summed E-state index contributed by atoms with van der Waals surface area (Å²) in [6.07, 6.45) is 0. The summed E-state index contributed by atoms with van der Waals surface area (Å²) in [5, 5.41) is 7.29. The van der Waals surface area contributed by atoms with Crippen LogP contribution < -0.4 is 16.1 Å². The Balaban J connectivity index is 1.63. The van der Waals surface area contributed by atoms with Crippen molar-refractivity contribution in [3.8, 4) is 0 Å². The third-order valence-corrected chi connectivity index (χ3v) is 5.46. The van der Waals surface area contributed by atoms with Crippen LogP contribution in [-0.2, 0) is 7.05 Å². The number of imidazole rings is 1. The van der Waals surface area contributed by atoms with Gasteiger partial charge in [-0.2, -0.15) is 0 Å². The average Bonchev–Trinajstić information content (AvgIpc) is 3.01. The number of aryl methyl sites for hydroxylation is 2. The minimum atomic E-state index is -0.183. The number of anilines is 3. The van der Waals surface area contributed by atoms with Crippen LogP contribution in [0.1, 0.15) is 15.9 Å². The third kappa shape index (κ3) is 4.02. The van der Waals surface area contributed by atoms with E-state index in [4.69, 9.17) is 23.2 Å². The average molecular weight is 437 g/mol. The molecule has 0 radical (unpaired) electrons. The number of aromatic nitrogens is 2. The van der Waals surface area contributed by atoms with Gasteiger partial charge in [-0.15, -0.1) is 0 Å². The van der Waals surface area contributed by atoms with Crippen molar-refractivity contribution >= 4 is 70.8 Å². The minimum absolute atomic E-state index is 0.183. The predicted molar refractivity (Wildman–Crippen MR) is 128 cm³/mol. The molecule has 5 nitrogen and oxygen atoms in total. The molecule has 3 aromatic carbocycles. The van der Waals surface area contributed by atoms with Crippen molar-refractivity contribution in [1.29, 1.82) is 0 Å². The molecule has 0 bridgehead atoms. The van der Waals surface area contributed by atoms with Crippen molar-refractivity contribution in [2.24, 2.45) is 7.05 Å². The van der Waals surface area contributed by atoms with Gasteiger partial charge >= 0.3 is 0 Å². The van der Waals surface area contributed by atoms with Gasteiger partial charge in [0.25, 0.3) is 5.91 Å². The van der Waals surface area contributed by atoms with E-state index < -0.39 is 0 Å². The Kier molecular flexibility index (Phi) is 5.45. The predicted octanol–water partition coefficient (Wildman–Crippen LogP) is 4.44. The third-order valence-electron chi connectivity index (χ3n) is 4.94. The second kappa shape index (κ2) is 8.05. The zero-order chi connectivity index (χ0) is 21.4. The molecule has 1 heterocycles. The molecule has 0 aliphatic heterocycles. The zero-order valence-corrected chi connectivity index (χ0v) is 18.3. The van der Waals surface area contributed by atoms with Crippen molar-refractivity contribution in [3.05, 3.63) is 75.8 Å². The first-order chi connectivity index (χ1) is 14.3. The van der Waals surface area contributed by atoms with Crippen LogP contribution in [0.4, 0.5) is 17.3 Å². The summed E-state index contributed by atoms with van der Waals surface area (Å²) in [4.78, 5) is 17.3. The molecular formula is C22H19BCl2N4O. The highest BCUT2D eigenvalue weighted by atomic mass is 35.5. The second-order valence-corrected chi connectivity index (χ2v) is 8.07. The summed E-state index contributed by atoms with van der Waals surface area (Å²) in [7, 11) is 3.91. The number of fused-ring (bicyclic) bond motifs is 1. The van der Waals surface area contributed by atoms with Crippen LogP contribution in [0.15, 0.2) is 54.6 Å². The fourth-order valence-corrected chi connectivity index (χ4v) is 3.91. The highest BCUT2D eigenvalue weighted by Gasteiger charge is 2.14. The van der Waals surface area contributed by atoms with Crippen LogP contribution in [0.25, 0.3) is 11.0 Å². The monoisotopic (exact) mass is 436 g/mol. The Morgan fingerprint density at radius 2 is 1.80 bits per heavy atom. The van der Waals surface area contributed by atoms with E-state index >= 15 is 0 Å². The van der Waals surface area contributed by atoms with Crippen LogP contribution in [0.5, 0.6) is 0 Å². The minimum Gasteiger partial charge on any atom is -0.324 e. The van der Waals surface area contributed by atoms with E-state index in [1.54, 1.807) is 18.2 Å². The molecule has 0 saturated heterocycles. The Morgan fingerprint density at radius 1 is 1.07 bits per heavy atom. The normalized spacial score (nSPS) is 10.9. The fourth-order valence-electron chi connectivity index (χ4n) is 3.27. The van der Waals surface area contributed by atoms with Gasteiger partial charge in [0.15, 0.2) is 0 Å². The van der Waals surface area contributed by atoms with Crippen LogP contribution in [-0.4, -0.2) is 23.3 Å². The molecule has 4 rings (SSSR count). The molecule has 0 atom stereocenters. The number of carbonyl (C=O) groups is 1. The van der Waals surface area contributed by atoms with Crippen LogP contribution >= 0.6 is 23.2 Å². The molecule has 0 unspecified atom stereocenters. The molecule has 8 heteroatoms. The number of benzene rings is 3. The second-order valence-electron chi connectivity index (χ2n) is 7.22. The van der Waals surface area contributed by atoms with Gasteiger partial charge in [0.1, 0.15) is 7.85 Å². The van der Waals surface area contributed by atoms with Gasteiger partial charge in [0, 0.05) is 23.3 Å². The van der Waals surface area contributed by atoms with Gasteiger partial charge in [-0.3, -0.25) is 4.79 Å². The van der Waals surface area contributed by atoms with Gasteiger partial charge in [-0.05, 0) is 55.0 Å². The first-order valence-corrected chi connectivity index (χ1v) is 10.1. The summed E-state index contributed by atoms with van der Waals surface area (Å²) >= 11 is 12.4. The lowest BCUT2D eigenvalue weighted by Crippen LogP contribution is -2.12. The first kappa shape index (κ1) is 20.3. The van der Waals surface area contributed by atoms with Gasteiger partial charge in [0.2, 0.25) is 5.95 Å².